The van der Waals surface area contributed by atoms with E-state index in [-0.39, 0.29) is 6.10 Å². The van der Waals surface area contributed by atoms with Crippen molar-refractivity contribution in [3.8, 4) is 0 Å². The number of aliphatic hydroxyl groups is 1. The first-order chi connectivity index (χ1) is 8.17. The molecule has 0 radical (unpaired) electrons. The topological polar surface area (TPSA) is 41.5 Å². The highest BCUT2D eigenvalue weighted by Gasteiger charge is 2.09. The Morgan fingerprint density at radius 2 is 2.24 bits per heavy atom. The van der Waals surface area contributed by atoms with E-state index < -0.39 is 0 Å². The molecular formula is C13H23NO2S. The van der Waals surface area contributed by atoms with Crippen molar-refractivity contribution in [3.63, 3.8) is 0 Å². The van der Waals surface area contributed by atoms with Crippen LogP contribution in [0.25, 0.3) is 0 Å². The lowest BCUT2D eigenvalue weighted by Gasteiger charge is -2.14. The van der Waals surface area contributed by atoms with Gasteiger partial charge in [0.1, 0.15) is 0 Å². The summed E-state index contributed by atoms with van der Waals surface area (Å²) < 4.78 is 4.89. The molecule has 0 fully saturated rings. The van der Waals surface area contributed by atoms with Crippen LogP contribution in [0.2, 0.25) is 0 Å². The van der Waals surface area contributed by atoms with Gasteiger partial charge in [-0.25, -0.2) is 0 Å². The van der Waals surface area contributed by atoms with Gasteiger partial charge in [0.15, 0.2) is 0 Å². The first-order valence-electron chi connectivity index (χ1n) is 6.16. The highest BCUT2D eigenvalue weighted by molar-refractivity contribution is 7.12. The highest BCUT2D eigenvalue weighted by Crippen LogP contribution is 2.23. The van der Waals surface area contributed by atoms with Crippen LogP contribution in [-0.2, 0) is 11.2 Å². The molecule has 0 spiro atoms. The summed E-state index contributed by atoms with van der Waals surface area (Å²) in [6.45, 7) is 5.56. The third kappa shape index (κ3) is 5.17. The number of aryl methyl sites for hydroxylation is 1. The van der Waals surface area contributed by atoms with Crippen molar-refractivity contribution in [2.45, 2.75) is 38.8 Å². The molecule has 2 unspecified atom stereocenters. The Morgan fingerprint density at radius 3 is 2.82 bits per heavy atom. The SMILES string of the molecule is CCc1ccc(C(C)NCCC(O)COC)s1. The van der Waals surface area contributed by atoms with E-state index in [4.69, 9.17) is 4.74 Å². The van der Waals surface area contributed by atoms with E-state index in [1.807, 2.05) is 11.3 Å². The summed E-state index contributed by atoms with van der Waals surface area (Å²) in [5.41, 5.74) is 0. The number of rotatable bonds is 8. The van der Waals surface area contributed by atoms with E-state index in [9.17, 15) is 5.11 Å². The smallest absolute Gasteiger partial charge is 0.0785 e. The Balaban J connectivity index is 2.27. The number of aliphatic hydroxyl groups excluding tert-OH is 1. The van der Waals surface area contributed by atoms with Crippen LogP contribution in [0.1, 0.15) is 36.1 Å². The van der Waals surface area contributed by atoms with Gasteiger partial charge in [0.05, 0.1) is 12.7 Å². The Bertz CT molecular complexity index is 314. The van der Waals surface area contributed by atoms with Gasteiger partial charge in [0.2, 0.25) is 0 Å². The van der Waals surface area contributed by atoms with Gasteiger partial charge in [0.25, 0.3) is 0 Å². The van der Waals surface area contributed by atoms with E-state index in [0.29, 0.717) is 12.6 Å². The number of hydrogen-bond donors (Lipinski definition) is 2. The maximum Gasteiger partial charge on any atom is 0.0785 e. The molecule has 1 rings (SSSR count). The largest absolute Gasteiger partial charge is 0.391 e. The molecule has 1 heterocycles. The molecule has 4 heteroatoms. The van der Waals surface area contributed by atoms with Crippen molar-refractivity contribution in [1.82, 2.24) is 5.32 Å². The molecule has 0 saturated carbocycles. The van der Waals surface area contributed by atoms with Crippen molar-refractivity contribution >= 4 is 11.3 Å². The monoisotopic (exact) mass is 257 g/mol. The van der Waals surface area contributed by atoms with Crippen LogP contribution in [0.4, 0.5) is 0 Å². The average molecular weight is 257 g/mol. The molecule has 0 amide bonds. The molecule has 2 atom stereocenters. The second-order valence-corrected chi connectivity index (χ2v) is 5.43. The molecule has 3 nitrogen and oxygen atoms in total. The van der Waals surface area contributed by atoms with Crippen molar-refractivity contribution < 1.29 is 9.84 Å². The lowest BCUT2D eigenvalue weighted by molar-refractivity contribution is 0.0591. The number of methoxy groups -OCH3 is 1. The zero-order chi connectivity index (χ0) is 12.7. The summed E-state index contributed by atoms with van der Waals surface area (Å²) in [6.07, 6.45) is 1.46. The lowest BCUT2D eigenvalue weighted by atomic mass is 10.2. The van der Waals surface area contributed by atoms with Crippen LogP contribution in [0.3, 0.4) is 0 Å². The minimum absolute atomic E-state index is 0.357. The Labute approximate surface area is 108 Å². The normalized spacial score (nSPS) is 14.8. The molecule has 17 heavy (non-hydrogen) atoms. The van der Waals surface area contributed by atoms with Gasteiger partial charge in [-0.1, -0.05) is 6.92 Å². The molecule has 1 aromatic heterocycles. The molecule has 1 aromatic rings. The maximum absolute atomic E-state index is 9.51. The Morgan fingerprint density at radius 1 is 1.47 bits per heavy atom. The van der Waals surface area contributed by atoms with Gasteiger partial charge < -0.3 is 15.2 Å². The zero-order valence-electron chi connectivity index (χ0n) is 10.9. The summed E-state index contributed by atoms with van der Waals surface area (Å²) >= 11 is 1.86. The zero-order valence-corrected chi connectivity index (χ0v) is 11.7. The van der Waals surface area contributed by atoms with E-state index in [0.717, 1.165) is 19.4 Å². The Hall–Kier alpha value is -0.420. The van der Waals surface area contributed by atoms with E-state index in [2.05, 4.69) is 31.3 Å². The van der Waals surface area contributed by atoms with E-state index >= 15 is 0 Å². The molecule has 98 valence electrons. The number of thiophene rings is 1. The predicted molar refractivity (Wildman–Crippen MR) is 72.6 cm³/mol. The van der Waals surface area contributed by atoms with Gasteiger partial charge in [-0.15, -0.1) is 11.3 Å². The van der Waals surface area contributed by atoms with Crippen LogP contribution in [-0.4, -0.2) is 31.5 Å². The molecule has 0 aliphatic heterocycles. The van der Waals surface area contributed by atoms with Gasteiger partial charge in [0, 0.05) is 22.9 Å². The molecule has 0 aromatic carbocycles. The molecule has 0 aliphatic carbocycles. The van der Waals surface area contributed by atoms with Gasteiger partial charge >= 0.3 is 0 Å². The van der Waals surface area contributed by atoms with E-state index in [1.54, 1.807) is 7.11 Å². The second kappa shape index (κ2) is 7.82. The van der Waals surface area contributed by atoms with Gasteiger partial charge in [-0.05, 0) is 38.4 Å². The minimum Gasteiger partial charge on any atom is -0.391 e. The highest BCUT2D eigenvalue weighted by atomic mass is 32.1. The third-order valence-corrected chi connectivity index (χ3v) is 4.16. The lowest BCUT2D eigenvalue weighted by Crippen LogP contribution is -2.25. The first kappa shape index (κ1) is 14.6. The fraction of sp³-hybridized carbons (Fsp3) is 0.692. The summed E-state index contributed by atoms with van der Waals surface area (Å²) in [7, 11) is 1.61. The summed E-state index contributed by atoms with van der Waals surface area (Å²) in [5.74, 6) is 0. The van der Waals surface area contributed by atoms with Crippen LogP contribution in [0, 0.1) is 0 Å². The van der Waals surface area contributed by atoms with E-state index in [1.165, 1.54) is 9.75 Å². The third-order valence-electron chi connectivity index (χ3n) is 2.74. The van der Waals surface area contributed by atoms with Crippen LogP contribution >= 0.6 is 11.3 Å². The summed E-state index contributed by atoms with van der Waals surface area (Å²) in [6, 6.07) is 4.74. The second-order valence-electron chi connectivity index (χ2n) is 4.23. The number of ether oxygens (including phenoxy) is 1. The molecular weight excluding hydrogens is 234 g/mol. The summed E-state index contributed by atoms with van der Waals surface area (Å²) in [5, 5.41) is 12.9. The minimum atomic E-state index is -0.366. The van der Waals surface area contributed by atoms with Crippen molar-refractivity contribution in [2.24, 2.45) is 0 Å². The first-order valence-corrected chi connectivity index (χ1v) is 6.98. The quantitative estimate of drug-likeness (QED) is 0.751. The number of nitrogens with one attached hydrogen (secondary N) is 1. The fourth-order valence-electron chi connectivity index (χ4n) is 1.66. The molecule has 2 N–H and O–H groups in total. The maximum atomic E-state index is 9.51. The predicted octanol–water partition coefficient (Wildman–Crippen LogP) is 2.36. The van der Waals surface area contributed by atoms with Crippen molar-refractivity contribution in [3.05, 3.63) is 21.9 Å². The standard InChI is InChI=1S/C13H23NO2S/c1-4-12-5-6-13(17-12)10(2)14-8-7-11(15)9-16-3/h5-6,10-11,14-15H,4,7-9H2,1-3H3. The van der Waals surface area contributed by atoms with Crippen molar-refractivity contribution in [1.29, 1.82) is 0 Å². The summed E-state index contributed by atoms with van der Waals surface area (Å²) in [4.78, 5) is 2.79. The molecule has 0 aliphatic rings. The van der Waals surface area contributed by atoms with Gasteiger partial charge in [-0.2, -0.15) is 0 Å². The van der Waals surface area contributed by atoms with Crippen LogP contribution in [0.5, 0.6) is 0 Å². The molecule has 0 bridgehead atoms. The molecule has 0 saturated heterocycles. The number of hydrogen-bond acceptors (Lipinski definition) is 4. The Kier molecular flexibility index (Phi) is 6.73. The average Bonchev–Trinajstić information content (AvgIpc) is 2.77. The van der Waals surface area contributed by atoms with Crippen molar-refractivity contribution in [2.75, 3.05) is 20.3 Å². The van der Waals surface area contributed by atoms with Gasteiger partial charge in [-0.3, -0.25) is 0 Å². The van der Waals surface area contributed by atoms with Crippen LogP contribution < -0.4 is 5.32 Å². The fourth-order valence-corrected chi connectivity index (χ4v) is 2.64. The van der Waals surface area contributed by atoms with Crippen LogP contribution in [0.15, 0.2) is 12.1 Å².